The van der Waals surface area contributed by atoms with Crippen LogP contribution in [0.4, 0.5) is 0 Å². The fraction of sp³-hybridized carbons (Fsp3) is 0.333. The second-order valence-electron chi connectivity index (χ2n) is 4.69. The number of esters is 1. The van der Waals surface area contributed by atoms with Gasteiger partial charge in [0, 0.05) is 10.4 Å². The van der Waals surface area contributed by atoms with Crippen molar-refractivity contribution in [2.24, 2.45) is 0 Å². The fourth-order valence-electron chi connectivity index (χ4n) is 1.96. The lowest BCUT2D eigenvalue weighted by Crippen LogP contribution is -2.00. The van der Waals surface area contributed by atoms with Crippen LogP contribution < -0.4 is 0 Å². The normalized spacial score (nSPS) is 10.8. The number of hydrogen-bond donors (Lipinski definition) is 0. The molecule has 19 heavy (non-hydrogen) atoms. The molecule has 0 N–H and O–H groups in total. The van der Waals surface area contributed by atoms with Gasteiger partial charge >= 0.3 is 5.97 Å². The first-order valence-corrected chi connectivity index (χ1v) is 7.00. The number of carbonyl (C=O) groups excluding carboxylic acids is 1. The largest absolute Gasteiger partial charge is 0.465 e. The molecule has 0 amide bonds. The molecule has 2 rings (SSSR count). The van der Waals surface area contributed by atoms with Crippen LogP contribution in [0.2, 0.25) is 0 Å². The lowest BCUT2D eigenvalue weighted by molar-refractivity contribution is 0.0601. The molecule has 0 aliphatic rings. The van der Waals surface area contributed by atoms with E-state index in [1.165, 1.54) is 12.0 Å². The maximum Gasteiger partial charge on any atom is 0.337 e. The number of hydrogen-bond acceptors (Lipinski definition) is 4. The van der Waals surface area contributed by atoms with Crippen molar-refractivity contribution >= 4 is 17.3 Å². The number of aromatic nitrogens is 1. The van der Waals surface area contributed by atoms with E-state index in [0.29, 0.717) is 11.5 Å². The van der Waals surface area contributed by atoms with Crippen LogP contribution in [0.3, 0.4) is 0 Å². The molecule has 3 nitrogen and oxygen atoms in total. The minimum Gasteiger partial charge on any atom is -0.465 e. The molecule has 0 spiro atoms. The Balaban J connectivity index is 2.42. The van der Waals surface area contributed by atoms with E-state index < -0.39 is 0 Å². The molecule has 1 aromatic carbocycles. The Kier molecular flexibility index (Phi) is 4.00. The van der Waals surface area contributed by atoms with Gasteiger partial charge in [-0.15, -0.1) is 11.3 Å². The molecular weight excluding hydrogens is 258 g/mol. The lowest BCUT2D eigenvalue weighted by atomic mass is 10.1. The third-order valence-electron chi connectivity index (χ3n) is 2.91. The summed E-state index contributed by atoms with van der Waals surface area (Å²) in [4.78, 5) is 17.4. The first-order chi connectivity index (χ1) is 9.02. The van der Waals surface area contributed by atoms with Gasteiger partial charge in [0.1, 0.15) is 5.01 Å². The van der Waals surface area contributed by atoms with Gasteiger partial charge in [0.2, 0.25) is 0 Å². The van der Waals surface area contributed by atoms with Gasteiger partial charge in [-0.05, 0) is 25.0 Å². The third-order valence-corrected chi connectivity index (χ3v) is 3.95. The van der Waals surface area contributed by atoms with E-state index in [1.54, 1.807) is 17.4 Å². The molecule has 0 saturated carbocycles. The van der Waals surface area contributed by atoms with Crippen molar-refractivity contribution in [3.05, 3.63) is 40.4 Å². The van der Waals surface area contributed by atoms with E-state index in [-0.39, 0.29) is 5.97 Å². The van der Waals surface area contributed by atoms with Gasteiger partial charge in [-0.3, -0.25) is 0 Å². The predicted molar refractivity (Wildman–Crippen MR) is 77.7 cm³/mol. The minimum atomic E-state index is -0.320. The lowest BCUT2D eigenvalue weighted by Gasteiger charge is -2.02. The zero-order chi connectivity index (χ0) is 14.0. The molecule has 0 bridgehead atoms. The Morgan fingerprint density at radius 2 is 2.11 bits per heavy atom. The van der Waals surface area contributed by atoms with Gasteiger partial charge < -0.3 is 4.74 Å². The quantitative estimate of drug-likeness (QED) is 0.794. The molecule has 0 unspecified atom stereocenters. The van der Waals surface area contributed by atoms with E-state index in [2.05, 4.69) is 25.8 Å². The summed E-state index contributed by atoms with van der Waals surface area (Å²) in [7, 11) is 1.39. The fourth-order valence-corrected chi connectivity index (χ4v) is 3.03. The topological polar surface area (TPSA) is 39.2 Å². The molecule has 0 radical (unpaired) electrons. The van der Waals surface area contributed by atoms with Gasteiger partial charge in [-0.2, -0.15) is 0 Å². The molecule has 1 aromatic heterocycles. The van der Waals surface area contributed by atoms with E-state index in [4.69, 9.17) is 4.74 Å². The van der Waals surface area contributed by atoms with Crippen LogP contribution in [0.1, 0.15) is 40.7 Å². The van der Waals surface area contributed by atoms with Gasteiger partial charge in [0.25, 0.3) is 0 Å². The monoisotopic (exact) mass is 275 g/mol. The van der Waals surface area contributed by atoms with Crippen LogP contribution in [0.15, 0.2) is 24.3 Å². The number of rotatable bonds is 3. The number of methoxy groups -OCH3 is 1. The molecule has 100 valence electrons. The van der Waals surface area contributed by atoms with Crippen molar-refractivity contribution in [2.75, 3.05) is 7.11 Å². The maximum absolute atomic E-state index is 11.5. The van der Waals surface area contributed by atoms with Crippen LogP contribution >= 0.6 is 11.3 Å². The minimum absolute atomic E-state index is 0.320. The summed E-state index contributed by atoms with van der Waals surface area (Å²) in [5.74, 6) is 0.0907. The molecule has 0 aliphatic carbocycles. The number of carbonyl (C=O) groups is 1. The summed E-state index contributed by atoms with van der Waals surface area (Å²) in [5, 5.41) is 0.951. The maximum atomic E-state index is 11.5. The average Bonchev–Trinajstić information content (AvgIpc) is 2.80. The van der Waals surface area contributed by atoms with Crippen molar-refractivity contribution in [2.45, 2.75) is 26.7 Å². The Morgan fingerprint density at radius 1 is 1.37 bits per heavy atom. The number of benzene rings is 1. The Hall–Kier alpha value is -1.68. The number of thiazole rings is 1. The summed E-state index contributed by atoms with van der Waals surface area (Å²) < 4.78 is 4.74. The van der Waals surface area contributed by atoms with Gasteiger partial charge in [-0.1, -0.05) is 26.0 Å². The molecule has 0 aliphatic heterocycles. The Bertz CT molecular complexity index is 602. The summed E-state index contributed by atoms with van der Waals surface area (Å²) >= 11 is 1.66. The molecule has 2 aromatic rings. The zero-order valence-electron chi connectivity index (χ0n) is 11.6. The van der Waals surface area contributed by atoms with Crippen LogP contribution in [0.25, 0.3) is 10.6 Å². The molecule has 4 heteroatoms. The van der Waals surface area contributed by atoms with E-state index >= 15 is 0 Å². The number of ether oxygens (including phenoxy) is 1. The SMILES string of the molecule is COC(=O)c1cccc(-c2nc(C(C)C)c(C)s2)c1. The average molecular weight is 275 g/mol. The highest BCUT2D eigenvalue weighted by atomic mass is 32.1. The summed E-state index contributed by atoms with van der Waals surface area (Å²) in [5.41, 5.74) is 2.64. The van der Waals surface area contributed by atoms with Crippen molar-refractivity contribution in [1.29, 1.82) is 0 Å². The highest BCUT2D eigenvalue weighted by molar-refractivity contribution is 7.15. The van der Waals surface area contributed by atoms with Crippen LogP contribution in [0, 0.1) is 6.92 Å². The van der Waals surface area contributed by atoms with Crippen LogP contribution in [0.5, 0.6) is 0 Å². The van der Waals surface area contributed by atoms with E-state index in [0.717, 1.165) is 16.3 Å². The second kappa shape index (κ2) is 5.53. The van der Waals surface area contributed by atoms with Gasteiger partial charge in [-0.25, -0.2) is 9.78 Å². The summed E-state index contributed by atoms with van der Waals surface area (Å²) in [6.45, 7) is 6.36. The van der Waals surface area contributed by atoms with Gasteiger partial charge in [0.05, 0.1) is 18.4 Å². The Labute approximate surface area is 117 Å². The van der Waals surface area contributed by atoms with Crippen molar-refractivity contribution in [1.82, 2.24) is 4.98 Å². The smallest absolute Gasteiger partial charge is 0.337 e. The van der Waals surface area contributed by atoms with Crippen molar-refractivity contribution < 1.29 is 9.53 Å². The third kappa shape index (κ3) is 2.84. The summed E-state index contributed by atoms with van der Waals surface area (Å²) in [6.07, 6.45) is 0. The van der Waals surface area contributed by atoms with Crippen LogP contribution in [-0.4, -0.2) is 18.1 Å². The van der Waals surface area contributed by atoms with Crippen LogP contribution in [-0.2, 0) is 4.74 Å². The molecule has 1 heterocycles. The first-order valence-electron chi connectivity index (χ1n) is 6.19. The number of nitrogens with zero attached hydrogens (tertiary/aromatic N) is 1. The molecule has 0 saturated heterocycles. The predicted octanol–water partition coefficient (Wildman–Crippen LogP) is 4.03. The molecule has 0 fully saturated rings. The highest BCUT2D eigenvalue weighted by Crippen LogP contribution is 2.31. The second-order valence-corrected chi connectivity index (χ2v) is 5.89. The highest BCUT2D eigenvalue weighted by Gasteiger charge is 2.13. The summed E-state index contributed by atoms with van der Waals surface area (Å²) in [6, 6.07) is 7.40. The van der Waals surface area contributed by atoms with Crippen molar-refractivity contribution in [3.63, 3.8) is 0 Å². The van der Waals surface area contributed by atoms with Crippen molar-refractivity contribution in [3.8, 4) is 10.6 Å². The molecule has 0 atom stereocenters. The molecular formula is C15H17NO2S. The first kappa shape index (κ1) is 13.7. The van der Waals surface area contributed by atoms with Gasteiger partial charge in [0.15, 0.2) is 0 Å². The van der Waals surface area contributed by atoms with E-state index in [1.807, 2.05) is 18.2 Å². The zero-order valence-corrected chi connectivity index (χ0v) is 12.4. The standard InChI is InChI=1S/C15H17NO2S/c1-9(2)13-10(3)19-14(16-13)11-6-5-7-12(8-11)15(17)18-4/h5-9H,1-4H3. The number of aryl methyl sites for hydroxylation is 1. The van der Waals surface area contributed by atoms with E-state index in [9.17, 15) is 4.79 Å². The Morgan fingerprint density at radius 3 is 2.68 bits per heavy atom.